The van der Waals surface area contributed by atoms with E-state index in [1.165, 1.54) is 19.1 Å². The van der Waals surface area contributed by atoms with Crippen LogP contribution in [0.25, 0.3) is 0 Å². The van der Waals surface area contributed by atoms with Crippen LogP contribution in [-0.2, 0) is 0 Å². The number of rotatable bonds is 3. The van der Waals surface area contributed by atoms with Crippen LogP contribution in [0.15, 0.2) is 47.1 Å². The van der Waals surface area contributed by atoms with Gasteiger partial charge in [-0.25, -0.2) is 0 Å². The molecular formula is C18H20N2O3. The third kappa shape index (κ3) is 3.80. The Morgan fingerprint density at radius 3 is 2.26 bits per heavy atom. The summed E-state index contributed by atoms with van der Waals surface area (Å²) in [5, 5.41) is 2.74. The number of hydrogen-bond acceptors (Lipinski definition) is 3. The highest BCUT2D eigenvalue weighted by Crippen LogP contribution is 2.16. The third-order valence-electron chi connectivity index (χ3n) is 4.03. The van der Waals surface area contributed by atoms with Crippen molar-refractivity contribution in [2.75, 3.05) is 18.4 Å². The maximum absolute atomic E-state index is 12.5. The fourth-order valence-corrected chi connectivity index (χ4v) is 2.75. The van der Waals surface area contributed by atoms with Gasteiger partial charge in [-0.1, -0.05) is 12.8 Å². The molecule has 120 valence electrons. The minimum atomic E-state index is -0.304. The zero-order chi connectivity index (χ0) is 16.1. The molecule has 2 aromatic rings. The minimum Gasteiger partial charge on any atom is -0.459 e. The van der Waals surface area contributed by atoms with Crippen LogP contribution in [0.5, 0.6) is 0 Å². The number of carbonyl (C=O) groups is 2. The topological polar surface area (TPSA) is 62.6 Å². The molecule has 0 aliphatic carbocycles. The maximum Gasteiger partial charge on any atom is 0.291 e. The van der Waals surface area contributed by atoms with E-state index in [9.17, 15) is 9.59 Å². The molecule has 1 aromatic heterocycles. The first-order chi connectivity index (χ1) is 11.2. The van der Waals surface area contributed by atoms with Gasteiger partial charge in [0, 0.05) is 24.3 Å². The Morgan fingerprint density at radius 2 is 1.65 bits per heavy atom. The van der Waals surface area contributed by atoms with E-state index >= 15 is 0 Å². The number of furan rings is 1. The quantitative estimate of drug-likeness (QED) is 0.942. The van der Waals surface area contributed by atoms with E-state index in [0.717, 1.165) is 25.9 Å². The zero-order valence-corrected chi connectivity index (χ0v) is 13.0. The molecule has 1 aliphatic heterocycles. The van der Waals surface area contributed by atoms with Crippen molar-refractivity contribution in [1.29, 1.82) is 0 Å². The van der Waals surface area contributed by atoms with Crippen LogP contribution in [0.4, 0.5) is 5.69 Å². The summed E-state index contributed by atoms with van der Waals surface area (Å²) in [5.41, 5.74) is 1.29. The molecule has 23 heavy (non-hydrogen) atoms. The number of amides is 2. The van der Waals surface area contributed by atoms with Crippen molar-refractivity contribution in [3.63, 3.8) is 0 Å². The lowest BCUT2D eigenvalue weighted by Gasteiger charge is -2.20. The number of nitrogens with zero attached hydrogens (tertiary/aromatic N) is 1. The van der Waals surface area contributed by atoms with Crippen molar-refractivity contribution >= 4 is 17.5 Å². The third-order valence-corrected chi connectivity index (χ3v) is 4.03. The van der Waals surface area contributed by atoms with Gasteiger partial charge in [-0.15, -0.1) is 0 Å². The van der Waals surface area contributed by atoms with Crippen LogP contribution in [0, 0.1) is 0 Å². The highest BCUT2D eigenvalue weighted by Gasteiger charge is 2.17. The Hall–Kier alpha value is -2.56. The lowest BCUT2D eigenvalue weighted by Crippen LogP contribution is -2.31. The van der Waals surface area contributed by atoms with Crippen molar-refractivity contribution in [2.24, 2.45) is 0 Å². The van der Waals surface area contributed by atoms with E-state index in [2.05, 4.69) is 5.32 Å². The monoisotopic (exact) mass is 312 g/mol. The van der Waals surface area contributed by atoms with Crippen molar-refractivity contribution < 1.29 is 14.0 Å². The highest BCUT2D eigenvalue weighted by atomic mass is 16.3. The molecule has 2 amide bonds. The SMILES string of the molecule is O=C(Nc1ccc(C(=O)N2CCCCCC2)cc1)c1ccco1. The van der Waals surface area contributed by atoms with Gasteiger partial charge in [0.15, 0.2) is 5.76 Å². The second-order valence-electron chi connectivity index (χ2n) is 5.72. The summed E-state index contributed by atoms with van der Waals surface area (Å²) in [6.45, 7) is 1.66. The Kier molecular flexibility index (Phi) is 4.76. The molecule has 3 rings (SSSR count). The van der Waals surface area contributed by atoms with E-state index in [1.807, 2.05) is 4.90 Å². The van der Waals surface area contributed by atoms with Crippen LogP contribution in [0.3, 0.4) is 0 Å². The summed E-state index contributed by atoms with van der Waals surface area (Å²) in [5.74, 6) is 0.0205. The van der Waals surface area contributed by atoms with E-state index in [0.29, 0.717) is 11.3 Å². The Bertz CT molecular complexity index is 654. The van der Waals surface area contributed by atoms with Crippen LogP contribution >= 0.6 is 0 Å². The number of hydrogen-bond donors (Lipinski definition) is 1. The summed E-state index contributed by atoms with van der Waals surface area (Å²) >= 11 is 0. The molecule has 1 saturated heterocycles. The number of nitrogens with one attached hydrogen (secondary N) is 1. The molecule has 5 nitrogen and oxygen atoms in total. The number of likely N-dealkylation sites (tertiary alicyclic amines) is 1. The largest absolute Gasteiger partial charge is 0.459 e. The first kappa shape index (κ1) is 15.3. The Morgan fingerprint density at radius 1 is 0.957 bits per heavy atom. The predicted molar refractivity (Wildman–Crippen MR) is 87.5 cm³/mol. The molecule has 1 aromatic carbocycles. The van der Waals surface area contributed by atoms with Gasteiger partial charge in [0.25, 0.3) is 11.8 Å². The van der Waals surface area contributed by atoms with Crippen LogP contribution < -0.4 is 5.32 Å². The zero-order valence-electron chi connectivity index (χ0n) is 13.0. The van der Waals surface area contributed by atoms with Crippen LogP contribution in [0.2, 0.25) is 0 Å². The Balaban J connectivity index is 1.64. The van der Waals surface area contributed by atoms with Gasteiger partial charge >= 0.3 is 0 Å². The molecule has 0 spiro atoms. The van der Waals surface area contributed by atoms with Crippen LogP contribution in [-0.4, -0.2) is 29.8 Å². The van der Waals surface area contributed by atoms with Gasteiger partial charge in [0.2, 0.25) is 0 Å². The van der Waals surface area contributed by atoms with Crippen molar-refractivity contribution in [1.82, 2.24) is 4.90 Å². The van der Waals surface area contributed by atoms with Gasteiger partial charge in [0.05, 0.1) is 6.26 Å². The smallest absolute Gasteiger partial charge is 0.291 e. The fraction of sp³-hybridized carbons (Fsp3) is 0.333. The van der Waals surface area contributed by atoms with Crippen LogP contribution in [0.1, 0.15) is 46.6 Å². The van der Waals surface area contributed by atoms with Gasteiger partial charge in [0.1, 0.15) is 0 Å². The van der Waals surface area contributed by atoms with Crippen molar-refractivity contribution in [3.05, 3.63) is 54.0 Å². The fourth-order valence-electron chi connectivity index (χ4n) is 2.75. The summed E-state index contributed by atoms with van der Waals surface area (Å²) < 4.78 is 5.05. The number of carbonyl (C=O) groups excluding carboxylic acids is 2. The molecule has 0 unspecified atom stereocenters. The summed E-state index contributed by atoms with van der Waals surface area (Å²) in [6, 6.07) is 10.3. The van der Waals surface area contributed by atoms with Gasteiger partial charge in [-0.05, 0) is 49.2 Å². The molecular weight excluding hydrogens is 292 g/mol. The van der Waals surface area contributed by atoms with Gasteiger partial charge < -0.3 is 14.6 Å². The molecule has 2 heterocycles. The maximum atomic E-state index is 12.5. The summed E-state index contributed by atoms with van der Waals surface area (Å²) in [6.07, 6.45) is 5.99. The minimum absolute atomic E-state index is 0.0656. The Labute approximate surface area is 135 Å². The summed E-state index contributed by atoms with van der Waals surface area (Å²) in [4.78, 5) is 26.3. The number of benzene rings is 1. The van der Waals surface area contributed by atoms with E-state index in [-0.39, 0.29) is 17.6 Å². The lowest BCUT2D eigenvalue weighted by molar-refractivity contribution is 0.0761. The average Bonchev–Trinajstić information content (AvgIpc) is 2.98. The van der Waals surface area contributed by atoms with E-state index in [4.69, 9.17) is 4.42 Å². The molecule has 1 N–H and O–H groups in total. The molecule has 0 atom stereocenters. The standard InChI is InChI=1S/C18H20N2O3/c21-17(16-6-5-13-23-16)19-15-9-7-14(8-10-15)18(22)20-11-3-1-2-4-12-20/h5-10,13H,1-4,11-12H2,(H,19,21). The number of anilines is 1. The molecule has 1 aliphatic rings. The van der Waals surface area contributed by atoms with Crippen molar-refractivity contribution in [2.45, 2.75) is 25.7 Å². The summed E-state index contributed by atoms with van der Waals surface area (Å²) in [7, 11) is 0. The van der Waals surface area contributed by atoms with Crippen molar-refractivity contribution in [3.8, 4) is 0 Å². The molecule has 0 bridgehead atoms. The molecule has 1 fully saturated rings. The highest BCUT2D eigenvalue weighted by molar-refractivity contribution is 6.02. The first-order valence-corrected chi connectivity index (χ1v) is 7.98. The average molecular weight is 312 g/mol. The first-order valence-electron chi connectivity index (χ1n) is 7.98. The lowest BCUT2D eigenvalue weighted by atomic mass is 10.1. The second-order valence-corrected chi connectivity index (χ2v) is 5.72. The molecule has 0 radical (unpaired) electrons. The molecule has 0 saturated carbocycles. The second kappa shape index (κ2) is 7.13. The van der Waals surface area contributed by atoms with Gasteiger partial charge in [-0.3, -0.25) is 9.59 Å². The normalized spacial score (nSPS) is 15.0. The predicted octanol–water partition coefficient (Wildman–Crippen LogP) is 3.55. The van der Waals surface area contributed by atoms with Gasteiger partial charge in [-0.2, -0.15) is 0 Å². The molecule has 5 heteroatoms. The van der Waals surface area contributed by atoms with E-state index < -0.39 is 0 Å². The van der Waals surface area contributed by atoms with E-state index in [1.54, 1.807) is 36.4 Å².